The van der Waals surface area contributed by atoms with Crippen molar-refractivity contribution in [2.45, 2.75) is 6.54 Å². The van der Waals surface area contributed by atoms with Crippen molar-refractivity contribution in [2.75, 3.05) is 12.4 Å². The number of fused-ring (bicyclic) bond motifs is 1. The van der Waals surface area contributed by atoms with Crippen LogP contribution in [0, 0.1) is 0 Å². The number of benzene rings is 1. The molecule has 0 aliphatic heterocycles. The minimum Gasteiger partial charge on any atom is -0.400 e. The minimum absolute atomic E-state index is 0.639. The normalized spacial score (nSPS) is 10.1. The third-order valence-electron chi connectivity index (χ3n) is 3.89. The fourth-order valence-corrected chi connectivity index (χ4v) is 3.40. The lowest BCUT2D eigenvalue weighted by molar-refractivity contribution is 0.112. The highest BCUT2D eigenvalue weighted by molar-refractivity contribution is 7.17. The topological polar surface area (TPSA) is 75.1 Å². The Bertz CT molecular complexity index is 1030. The number of rotatable bonds is 5. The van der Waals surface area contributed by atoms with E-state index >= 15 is 0 Å². The molecular weight excluding hydrogens is 358 g/mol. The molecule has 0 bridgehead atoms. The molecule has 0 fully saturated rings. The zero-order chi connectivity index (χ0) is 19.1. The van der Waals surface area contributed by atoms with Gasteiger partial charge in [0.15, 0.2) is 6.29 Å². The van der Waals surface area contributed by atoms with Crippen molar-refractivity contribution < 1.29 is 9.90 Å². The van der Waals surface area contributed by atoms with Gasteiger partial charge in [-0.05, 0) is 36.4 Å². The van der Waals surface area contributed by atoms with Crippen LogP contribution in [0.15, 0.2) is 66.9 Å². The lowest BCUT2D eigenvalue weighted by atomic mass is 10.2. The number of carbonyl (C=O) groups is 1. The lowest BCUT2D eigenvalue weighted by Crippen LogP contribution is -2.02. The number of thiophene rings is 1. The van der Waals surface area contributed by atoms with Gasteiger partial charge in [-0.15, -0.1) is 11.3 Å². The Morgan fingerprint density at radius 2 is 1.89 bits per heavy atom. The van der Waals surface area contributed by atoms with Gasteiger partial charge in [-0.1, -0.05) is 24.3 Å². The van der Waals surface area contributed by atoms with Gasteiger partial charge in [-0.3, -0.25) is 14.8 Å². The van der Waals surface area contributed by atoms with Crippen molar-refractivity contribution in [3.8, 4) is 10.6 Å². The SMILES string of the molecule is CO.O=Cc1ccc(-c2ccc(NCc3ccc4ccccc4n3)cn2)s1. The first-order valence-corrected chi connectivity index (χ1v) is 9.18. The maximum atomic E-state index is 10.8. The molecule has 0 amide bonds. The number of nitrogens with zero attached hydrogens (tertiary/aromatic N) is 2. The van der Waals surface area contributed by atoms with Crippen molar-refractivity contribution in [3.05, 3.63) is 77.4 Å². The minimum atomic E-state index is 0.639. The Kier molecular flexibility index (Phi) is 6.25. The number of aliphatic hydroxyl groups excluding tert-OH is 1. The first-order chi connectivity index (χ1) is 13.3. The number of anilines is 1. The van der Waals surface area contributed by atoms with E-state index < -0.39 is 0 Å². The Balaban J connectivity index is 0.00000102. The molecule has 2 N–H and O–H groups in total. The van der Waals surface area contributed by atoms with E-state index in [2.05, 4.69) is 27.4 Å². The summed E-state index contributed by atoms with van der Waals surface area (Å²) in [5.74, 6) is 0. The van der Waals surface area contributed by atoms with Crippen molar-refractivity contribution in [3.63, 3.8) is 0 Å². The van der Waals surface area contributed by atoms with E-state index in [0.717, 1.165) is 46.3 Å². The fourth-order valence-electron chi connectivity index (χ4n) is 2.60. The van der Waals surface area contributed by atoms with Crippen LogP contribution in [0.5, 0.6) is 0 Å². The van der Waals surface area contributed by atoms with Crippen LogP contribution in [0.4, 0.5) is 5.69 Å². The number of pyridine rings is 2. The van der Waals surface area contributed by atoms with E-state index in [9.17, 15) is 4.79 Å². The largest absolute Gasteiger partial charge is 0.400 e. The number of nitrogens with one attached hydrogen (secondary N) is 1. The van der Waals surface area contributed by atoms with Gasteiger partial charge in [0.05, 0.1) is 45.1 Å². The second-order valence-corrected chi connectivity index (χ2v) is 6.72. The van der Waals surface area contributed by atoms with Crippen molar-refractivity contribution >= 4 is 34.2 Å². The second kappa shape index (κ2) is 9.02. The van der Waals surface area contributed by atoms with Crippen LogP contribution in [-0.2, 0) is 6.54 Å². The average Bonchev–Trinajstić information content (AvgIpc) is 3.23. The summed E-state index contributed by atoms with van der Waals surface area (Å²) < 4.78 is 0. The van der Waals surface area contributed by atoms with Gasteiger partial charge in [0.25, 0.3) is 0 Å². The number of aromatic nitrogens is 2. The maximum absolute atomic E-state index is 10.8. The molecule has 4 rings (SSSR count). The average molecular weight is 377 g/mol. The van der Waals surface area contributed by atoms with Crippen LogP contribution in [0.1, 0.15) is 15.4 Å². The number of para-hydroxylation sites is 1. The molecule has 0 unspecified atom stereocenters. The van der Waals surface area contributed by atoms with Gasteiger partial charge in [0.2, 0.25) is 0 Å². The van der Waals surface area contributed by atoms with Crippen LogP contribution >= 0.6 is 11.3 Å². The summed E-state index contributed by atoms with van der Waals surface area (Å²) in [7, 11) is 1.00. The molecule has 5 nitrogen and oxygen atoms in total. The molecular formula is C21H19N3O2S. The van der Waals surface area contributed by atoms with Crippen molar-refractivity contribution in [1.29, 1.82) is 0 Å². The van der Waals surface area contributed by atoms with E-state index in [-0.39, 0.29) is 0 Å². The van der Waals surface area contributed by atoms with Crippen molar-refractivity contribution in [1.82, 2.24) is 9.97 Å². The molecule has 0 radical (unpaired) electrons. The third-order valence-corrected chi connectivity index (χ3v) is 4.92. The lowest BCUT2D eigenvalue weighted by Gasteiger charge is -2.07. The Morgan fingerprint density at radius 3 is 2.63 bits per heavy atom. The van der Waals surface area contributed by atoms with E-state index in [1.165, 1.54) is 11.3 Å². The predicted molar refractivity (Wildman–Crippen MR) is 110 cm³/mol. The van der Waals surface area contributed by atoms with Gasteiger partial charge in [-0.2, -0.15) is 0 Å². The maximum Gasteiger partial charge on any atom is 0.160 e. The second-order valence-electron chi connectivity index (χ2n) is 5.60. The summed E-state index contributed by atoms with van der Waals surface area (Å²) in [6, 6.07) is 19.9. The van der Waals surface area contributed by atoms with E-state index in [0.29, 0.717) is 11.4 Å². The molecule has 27 heavy (non-hydrogen) atoms. The number of hydrogen-bond donors (Lipinski definition) is 2. The van der Waals surface area contributed by atoms with E-state index in [4.69, 9.17) is 5.11 Å². The van der Waals surface area contributed by atoms with Crippen molar-refractivity contribution in [2.24, 2.45) is 0 Å². The molecule has 4 aromatic rings. The van der Waals surface area contributed by atoms with Crippen LogP contribution < -0.4 is 5.32 Å². The first kappa shape index (κ1) is 18.7. The predicted octanol–water partition coefficient (Wildman–Crippen LogP) is 4.39. The highest BCUT2D eigenvalue weighted by Crippen LogP contribution is 2.26. The zero-order valence-corrected chi connectivity index (χ0v) is 15.6. The highest BCUT2D eigenvalue weighted by atomic mass is 32.1. The number of aliphatic hydroxyl groups is 1. The first-order valence-electron chi connectivity index (χ1n) is 8.36. The molecule has 3 heterocycles. The van der Waals surface area contributed by atoms with Gasteiger partial charge in [0.1, 0.15) is 0 Å². The molecule has 0 spiro atoms. The van der Waals surface area contributed by atoms with E-state index in [1.807, 2.05) is 48.5 Å². The molecule has 0 aliphatic rings. The van der Waals surface area contributed by atoms with Gasteiger partial charge in [-0.25, -0.2) is 0 Å². The van der Waals surface area contributed by atoms with Crippen LogP contribution in [-0.4, -0.2) is 28.5 Å². The van der Waals surface area contributed by atoms with Crippen LogP contribution in [0.2, 0.25) is 0 Å². The zero-order valence-electron chi connectivity index (χ0n) is 14.8. The standard InChI is InChI=1S/C20H15N3OS.CH4O/c24-13-17-8-10-20(25-17)19-9-7-15(11-22-19)21-12-16-6-5-14-3-1-2-4-18(14)23-16;1-2/h1-11,13,21H,12H2;2H,1H3. The Morgan fingerprint density at radius 1 is 1.04 bits per heavy atom. The summed E-state index contributed by atoms with van der Waals surface area (Å²) in [4.78, 5) is 21.6. The monoisotopic (exact) mass is 377 g/mol. The van der Waals surface area contributed by atoms with Crippen LogP contribution in [0.25, 0.3) is 21.5 Å². The summed E-state index contributed by atoms with van der Waals surface area (Å²) >= 11 is 1.44. The fraction of sp³-hybridized carbons (Fsp3) is 0.0952. The molecule has 6 heteroatoms. The van der Waals surface area contributed by atoms with E-state index in [1.54, 1.807) is 6.20 Å². The number of aldehydes is 1. The molecule has 0 aliphatic carbocycles. The smallest absolute Gasteiger partial charge is 0.160 e. The Labute approximate surface area is 161 Å². The molecule has 1 aromatic carbocycles. The van der Waals surface area contributed by atoms with Gasteiger partial charge >= 0.3 is 0 Å². The summed E-state index contributed by atoms with van der Waals surface area (Å²) in [5.41, 5.74) is 3.79. The Hall–Kier alpha value is -3.09. The van der Waals surface area contributed by atoms with Crippen LogP contribution in [0.3, 0.4) is 0 Å². The number of carbonyl (C=O) groups excluding carboxylic acids is 1. The van der Waals surface area contributed by atoms with Gasteiger partial charge < -0.3 is 10.4 Å². The summed E-state index contributed by atoms with van der Waals surface area (Å²) in [6.07, 6.45) is 2.66. The summed E-state index contributed by atoms with van der Waals surface area (Å²) in [6.45, 7) is 0.639. The van der Waals surface area contributed by atoms with Gasteiger partial charge in [0, 0.05) is 12.5 Å². The number of hydrogen-bond acceptors (Lipinski definition) is 6. The summed E-state index contributed by atoms with van der Waals surface area (Å²) in [5, 5.41) is 11.5. The highest BCUT2D eigenvalue weighted by Gasteiger charge is 2.04. The molecule has 3 aromatic heterocycles. The molecule has 0 atom stereocenters. The molecule has 0 saturated carbocycles. The molecule has 136 valence electrons. The quantitative estimate of drug-likeness (QED) is 0.505. The molecule has 0 saturated heterocycles. The third kappa shape index (κ3) is 4.55.